The number of benzene rings is 1. The molecule has 0 spiro atoms. The summed E-state index contributed by atoms with van der Waals surface area (Å²) in [5.41, 5.74) is 2.39. The summed E-state index contributed by atoms with van der Waals surface area (Å²) < 4.78 is 27.2. The molecule has 0 aromatic heterocycles. The zero-order valence-electron chi connectivity index (χ0n) is 10.6. The van der Waals surface area contributed by atoms with Crippen LogP contribution in [-0.4, -0.2) is 12.5 Å². The predicted octanol–water partition coefficient (Wildman–Crippen LogP) is 2.30. The average Bonchev–Trinajstić information content (AvgIpc) is 2.37. The van der Waals surface area contributed by atoms with E-state index in [0.717, 1.165) is 12.8 Å². The number of rotatable bonds is 4. The van der Waals surface area contributed by atoms with Gasteiger partial charge in [0, 0.05) is 6.54 Å². The van der Waals surface area contributed by atoms with Gasteiger partial charge in [0.1, 0.15) is 11.5 Å². The van der Waals surface area contributed by atoms with Crippen molar-refractivity contribution >= 4 is 11.6 Å². The lowest BCUT2D eigenvalue weighted by molar-refractivity contribution is 0.585. The van der Waals surface area contributed by atoms with Crippen LogP contribution in [0, 0.1) is 18.6 Å². The number of aliphatic imine (C=N–C) groups is 1. The van der Waals surface area contributed by atoms with Crippen molar-refractivity contribution in [2.75, 3.05) is 11.9 Å². The van der Waals surface area contributed by atoms with Crippen molar-refractivity contribution in [3.8, 4) is 0 Å². The molecular formula is C12H18F2N4. The van der Waals surface area contributed by atoms with Crippen LogP contribution < -0.4 is 16.6 Å². The normalized spacial score (nSPS) is 11.5. The molecule has 0 fully saturated rings. The van der Waals surface area contributed by atoms with Gasteiger partial charge in [-0.3, -0.25) is 10.4 Å². The number of hydrogen-bond donors (Lipinski definition) is 3. The molecule has 18 heavy (non-hydrogen) atoms. The Morgan fingerprint density at radius 3 is 2.72 bits per heavy atom. The molecule has 0 radical (unpaired) electrons. The molecule has 1 aromatic rings. The molecule has 4 N–H and O–H groups in total. The van der Waals surface area contributed by atoms with E-state index in [1.54, 1.807) is 6.92 Å². The highest BCUT2D eigenvalue weighted by molar-refractivity contribution is 5.93. The molecule has 0 heterocycles. The third-order valence-corrected chi connectivity index (χ3v) is 2.45. The van der Waals surface area contributed by atoms with E-state index in [2.05, 4.69) is 15.7 Å². The lowest BCUT2D eigenvalue weighted by Crippen LogP contribution is -2.37. The van der Waals surface area contributed by atoms with E-state index in [4.69, 9.17) is 5.84 Å². The minimum absolute atomic E-state index is 0.145. The molecule has 0 atom stereocenters. The first-order valence-corrected chi connectivity index (χ1v) is 5.82. The Hall–Kier alpha value is -1.69. The van der Waals surface area contributed by atoms with Gasteiger partial charge in [-0.25, -0.2) is 14.6 Å². The number of nitrogens with zero attached hydrogens (tertiary/aromatic N) is 1. The molecular weight excluding hydrogens is 238 g/mol. The Kier molecular flexibility index (Phi) is 5.51. The third-order valence-electron chi connectivity index (χ3n) is 2.45. The van der Waals surface area contributed by atoms with Gasteiger partial charge in [-0.05, 0) is 25.0 Å². The second-order valence-corrected chi connectivity index (χ2v) is 3.91. The predicted molar refractivity (Wildman–Crippen MR) is 69.3 cm³/mol. The van der Waals surface area contributed by atoms with Crippen molar-refractivity contribution in [1.82, 2.24) is 5.43 Å². The molecule has 0 saturated heterocycles. The van der Waals surface area contributed by atoms with Crippen LogP contribution in [0.4, 0.5) is 14.5 Å². The van der Waals surface area contributed by atoms with Crippen LogP contribution in [0.1, 0.15) is 25.3 Å². The SMILES string of the molecule is CCCCN=C(NN)Nc1c(F)ccc(C)c1F. The largest absolute Gasteiger partial charge is 0.320 e. The smallest absolute Gasteiger partial charge is 0.210 e. The Balaban J connectivity index is 2.88. The van der Waals surface area contributed by atoms with Gasteiger partial charge in [0.2, 0.25) is 5.96 Å². The molecule has 0 amide bonds. The molecule has 0 unspecified atom stereocenters. The molecule has 4 nitrogen and oxygen atoms in total. The van der Waals surface area contributed by atoms with E-state index in [1.165, 1.54) is 12.1 Å². The summed E-state index contributed by atoms with van der Waals surface area (Å²) in [5.74, 6) is 4.07. The molecule has 0 bridgehead atoms. The molecule has 0 aliphatic carbocycles. The fraction of sp³-hybridized carbons (Fsp3) is 0.417. The lowest BCUT2D eigenvalue weighted by Gasteiger charge is -2.12. The Labute approximate surface area is 105 Å². The highest BCUT2D eigenvalue weighted by atomic mass is 19.1. The molecule has 0 aliphatic heterocycles. The first-order valence-electron chi connectivity index (χ1n) is 5.82. The van der Waals surface area contributed by atoms with Crippen LogP contribution >= 0.6 is 0 Å². The summed E-state index contributed by atoms with van der Waals surface area (Å²) in [6.07, 6.45) is 1.86. The van der Waals surface area contributed by atoms with Gasteiger partial charge in [-0.2, -0.15) is 0 Å². The van der Waals surface area contributed by atoms with Crippen LogP contribution in [0.15, 0.2) is 17.1 Å². The highest BCUT2D eigenvalue weighted by Gasteiger charge is 2.12. The fourth-order valence-electron chi connectivity index (χ4n) is 1.36. The third kappa shape index (κ3) is 3.66. The quantitative estimate of drug-likeness (QED) is 0.255. The van der Waals surface area contributed by atoms with Crippen molar-refractivity contribution in [3.05, 3.63) is 29.3 Å². The maximum absolute atomic E-state index is 13.7. The minimum Gasteiger partial charge on any atom is -0.320 e. The zero-order chi connectivity index (χ0) is 13.5. The van der Waals surface area contributed by atoms with Gasteiger partial charge in [-0.15, -0.1) is 0 Å². The molecule has 0 aliphatic rings. The summed E-state index contributed by atoms with van der Waals surface area (Å²) in [6, 6.07) is 2.57. The van der Waals surface area contributed by atoms with Crippen molar-refractivity contribution in [2.45, 2.75) is 26.7 Å². The maximum Gasteiger partial charge on any atom is 0.210 e. The van der Waals surface area contributed by atoms with Gasteiger partial charge in [0.15, 0.2) is 5.82 Å². The van der Waals surface area contributed by atoms with Crippen molar-refractivity contribution in [1.29, 1.82) is 0 Å². The maximum atomic E-state index is 13.7. The molecule has 6 heteroatoms. The number of anilines is 1. The van der Waals surface area contributed by atoms with Gasteiger partial charge in [0.25, 0.3) is 0 Å². The molecule has 100 valence electrons. The summed E-state index contributed by atoms with van der Waals surface area (Å²) in [7, 11) is 0. The van der Waals surface area contributed by atoms with Crippen molar-refractivity contribution in [3.63, 3.8) is 0 Å². The van der Waals surface area contributed by atoms with Gasteiger partial charge in [0.05, 0.1) is 0 Å². The topological polar surface area (TPSA) is 62.4 Å². The highest BCUT2D eigenvalue weighted by Crippen LogP contribution is 2.21. The number of hydrazine groups is 1. The second kappa shape index (κ2) is 6.90. The van der Waals surface area contributed by atoms with E-state index < -0.39 is 11.6 Å². The number of unbranched alkanes of at least 4 members (excludes halogenated alkanes) is 1. The van der Waals surface area contributed by atoms with Gasteiger partial charge >= 0.3 is 0 Å². The fourth-order valence-corrected chi connectivity index (χ4v) is 1.36. The lowest BCUT2D eigenvalue weighted by atomic mass is 10.2. The first kappa shape index (κ1) is 14.4. The number of hydrogen-bond acceptors (Lipinski definition) is 2. The van der Waals surface area contributed by atoms with Gasteiger partial charge in [-0.1, -0.05) is 19.4 Å². The van der Waals surface area contributed by atoms with E-state index >= 15 is 0 Å². The van der Waals surface area contributed by atoms with Crippen molar-refractivity contribution < 1.29 is 8.78 Å². The minimum atomic E-state index is -0.684. The van der Waals surface area contributed by atoms with E-state index in [9.17, 15) is 8.78 Å². The van der Waals surface area contributed by atoms with Crippen LogP contribution in [0.25, 0.3) is 0 Å². The zero-order valence-corrected chi connectivity index (χ0v) is 10.6. The Bertz CT molecular complexity index is 432. The summed E-state index contributed by atoms with van der Waals surface area (Å²) in [5, 5.41) is 2.53. The van der Waals surface area contributed by atoms with E-state index in [-0.39, 0.29) is 11.6 Å². The monoisotopic (exact) mass is 256 g/mol. The number of nitrogens with one attached hydrogen (secondary N) is 2. The van der Waals surface area contributed by atoms with E-state index in [1.807, 2.05) is 6.92 Å². The number of guanidine groups is 1. The Morgan fingerprint density at radius 2 is 2.11 bits per heavy atom. The van der Waals surface area contributed by atoms with Crippen LogP contribution in [0.5, 0.6) is 0 Å². The van der Waals surface area contributed by atoms with Crippen molar-refractivity contribution in [2.24, 2.45) is 10.8 Å². The Morgan fingerprint density at radius 1 is 1.39 bits per heavy atom. The number of halogens is 2. The average molecular weight is 256 g/mol. The van der Waals surface area contributed by atoms with Crippen LogP contribution in [0.2, 0.25) is 0 Å². The molecule has 0 saturated carbocycles. The molecule has 1 rings (SSSR count). The number of nitrogens with two attached hydrogens (primary N) is 1. The van der Waals surface area contributed by atoms with E-state index in [0.29, 0.717) is 12.1 Å². The van der Waals surface area contributed by atoms with Gasteiger partial charge < -0.3 is 5.32 Å². The van der Waals surface area contributed by atoms with Crippen LogP contribution in [-0.2, 0) is 0 Å². The van der Waals surface area contributed by atoms with Crippen LogP contribution in [0.3, 0.4) is 0 Å². The standard InChI is InChI=1S/C12H18F2N4/c1-3-4-7-16-12(18-15)17-11-9(13)6-5-8(2)10(11)14/h5-6H,3-4,7,15H2,1-2H3,(H2,16,17,18). The summed E-state index contributed by atoms with van der Waals surface area (Å²) >= 11 is 0. The second-order valence-electron chi connectivity index (χ2n) is 3.91. The number of aryl methyl sites for hydroxylation is 1. The summed E-state index contributed by atoms with van der Waals surface area (Å²) in [4.78, 5) is 4.08. The molecule has 1 aromatic carbocycles. The summed E-state index contributed by atoms with van der Waals surface area (Å²) in [6.45, 7) is 4.13. The first-order chi connectivity index (χ1) is 8.60.